The third-order valence-electron chi connectivity index (χ3n) is 2.43. The van der Waals surface area contributed by atoms with Crippen LogP contribution in [0.4, 0.5) is 5.69 Å². The van der Waals surface area contributed by atoms with E-state index in [1.807, 2.05) is 6.07 Å². The van der Waals surface area contributed by atoms with E-state index in [-0.39, 0.29) is 11.8 Å². The Morgan fingerprint density at radius 2 is 2.33 bits per heavy atom. The van der Waals surface area contributed by atoms with Crippen molar-refractivity contribution in [1.82, 2.24) is 0 Å². The Morgan fingerprint density at radius 3 is 2.93 bits per heavy atom. The number of halogens is 1. The van der Waals surface area contributed by atoms with Crippen LogP contribution in [0.25, 0.3) is 0 Å². The molecule has 4 heteroatoms. The summed E-state index contributed by atoms with van der Waals surface area (Å²) < 4.78 is 0. The van der Waals surface area contributed by atoms with E-state index in [4.69, 9.17) is 16.9 Å². The molecule has 1 saturated heterocycles. The third kappa shape index (κ3) is 1.95. The monoisotopic (exact) mass is 220 g/mol. The van der Waals surface area contributed by atoms with Crippen LogP contribution in [0.2, 0.25) is 5.02 Å². The maximum Gasteiger partial charge on any atom is 0.228 e. The summed E-state index contributed by atoms with van der Waals surface area (Å²) in [5, 5.41) is 9.35. The first-order chi connectivity index (χ1) is 7.20. The lowest BCUT2D eigenvalue weighted by Crippen LogP contribution is -2.24. The number of amides is 1. The maximum atomic E-state index is 11.6. The van der Waals surface area contributed by atoms with Crippen LogP contribution in [0.15, 0.2) is 24.3 Å². The second kappa shape index (κ2) is 3.92. The standard InChI is InChI=1S/C11H9ClN2O/c12-9-2-1-3-10(5-9)14-7-8(6-13)4-11(14)15/h1-3,5,8H,4,7H2/t8-/m1/s1. The average Bonchev–Trinajstić information content (AvgIpc) is 2.60. The van der Waals surface area contributed by atoms with Gasteiger partial charge in [0.1, 0.15) is 0 Å². The van der Waals surface area contributed by atoms with Crippen molar-refractivity contribution in [1.29, 1.82) is 5.26 Å². The number of hydrogen-bond donors (Lipinski definition) is 0. The van der Waals surface area contributed by atoms with Gasteiger partial charge in [-0.15, -0.1) is 0 Å². The smallest absolute Gasteiger partial charge is 0.228 e. The Morgan fingerprint density at radius 1 is 1.53 bits per heavy atom. The topological polar surface area (TPSA) is 44.1 Å². The first-order valence-corrected chi connectivity index (χ1v) is 5.04. The summed E-state index contributed by atoms with van der Waals surface area (Å²) in [5.74, 6) is -0.208. The summed E-state index contributed by atoms with van der Waals surface area (Å²) in [6.07, 6.45) is 0.309. The Bertz CT molecular complexity index is 438. The van der Waals surface area contributed by atoms with Gasteiger partial charge in [-0.2, -0.15) is 5.26 Å². The molecule has 1 amide bonds. The largest absolute Gasteiger partial charge is 0.311 e. The van der Waals surface area contributed by atoms with Gasteiger partial charge in [0.25, 0.3) is 0 Å². The Balaban J connectivity index is 2.26. The van der Waals surface area contributed by atoms with Crippen molar-refractivity contribution in [3.63, 3.8) is 0 Å². The van der Waals surface area contributed by atoms with Crippen LogP contribution in [-0.2, 0) is 4.79 Å². The molecule has 2 rings (SSSR count). The zero-order chi connectivity index (χ0) is 10.8. The van der Waals surface area contributed by atoms with Crippen LogP contribution in [0, 0.1) is 17.2 Å². The fraction of sp³-hybridized carbons (Fsp3) is 0.273. The van der Waals surface area contributed by atoms with Crippen LogP contribution in [0.1, 0.15) is 6.42 Å². The van der Waals surface area contributed by atoms with Gasteiger partial charge in [0.2, 0.25) is 5.91 Å². The molecule has 0 radical (unpaired) electrons. The third-order valence-corrected chi connectivity index (χ3v) is 2.66. The van der Waals surface area contributed by atoms with Crippen molar-refractivity contribution in [2.24, 2.45) is 5.92 Å². The van der Waals surface area contributed by atoms with Gasteiger partial charge in [-0.25, -0.2) is 0 Å². The van der Waals surface area contributed by atoms with Gasteiger partial charge >= 0.3 is 0 Å². The van der Waals surface area contributed by atoms with Gasteiger partial charge in [-0.3, -0.25) is 4.79 Å². The lowest BCUT2D eigenvalue weighted by atomic mass is 10.1. The highest BCUT2D eigenvalue weighted by molar-refractivity contribution is 6.30. The molecule has 0 aliphatic carbocycles. The summed E-state index contributed by atoms with van der Waals surface area (Å²) in [6.45, 7) is 0.468. The number of nitrogens with zero attached hydrogens (tertiary/aromatic N) is 2. The molecule has 0 saturated carbocycles. The second-order valence-corrected chi connectivity index (χ2v) is 3.95. The molecule has 1 fully saturated rings. The van der Waals surface area contributed by atoms with E-state index < -0.39 is 0 Å². The summed E-state index contributed by atoms with van der Waals surface area (Å²) in [4.78, 5) is 13.2. The molecule has 1 aliphatic heterocycles. The lowest BCUT2D eigenvalue weighted by Gasteiger charge is -2.15. The molecule has 1 heterocycles. The summed E-state index contributed by atoms with van der Waals surface area (Å²) in [6, 6.07) is 9.23. The molecular weight excluding hydrogens is 212 g/mol. The molecule has 1 aliphatic rings. The predicted molar refractivity (Wildman–Crippen MR) is 57.5 cm³/mol. The van der Waals surface area contributed by atoms with Crippen molar-refractivity contribution in [2.75, 3.05) is 11.4 Å². The molecule has 15 heavy (non-hydrogen) atoms. The average molecular weight is 221 g/mol. The van der Waals surface area contributed by atoms with Gasteiger partial charge in [0, 0.05) is 23.7 Å². The van der Waals surface area contributed by atoms with E-state index in [2.05, 4.69) is 6.07 Å². The maximum absolute atomic E-state index is 11.6. The normalized spacial score (nSPS) is 20.4. The quantitative estimate of drug-likeness (QED) is 0.729. The molecular formula is C11H9ClN2O. The van der Waals surface area contributed by atoms with Crippen LogP contribution in [0.5, 0.6) is 0 Å². The van der Waals surface area contributed by atoms with Gasteiger partial charge in [-0.1, -0.05) is 17.7 Å². The van der Waals surface area contributed by atoms with E-state index in [0.717, 1.165) is 5.69 Å². The van der Waals surface area contributed by atoms with Gasteiger partial charge in [0.15, 0.2) is 0 Å². The second-order valence-electron chi connectivity index (χ2n) is 3.51. The number of benzene rings is 1. The molecule has 76 valence electrons. The summed E-state index contributed by atoms with van der Waals surface area (Å²) in [5.41, 5.74) is 0.769. The van der Waals surface area contributed by atoms with Crippen molar-refractivity contribution in [3.8, 4) is 6.07 Å². The Labute approximate surface area is 92.9 Å². The molecule has 1 aromatic carbocycles. The highest BCUT2D eigenvalue weighted by Gasteiger charge is 2.30. The van der Waals surface area contributed by atoms with Crippen molar-refractivity contribution in [2.45, 2.75) is 6.42 Å². The van der Waals surface area contributed by atoms with Gasteiger partial charge in [0.05, 0.1) is 12.0 Å². The van der Waals surface area contributed by atoms with E-state index in [0.29, 0.717) is 18.0 Å². The number of rotatable bonds is 1. The van der Waals surface area contributed by atoms with E-state index in [9.17, 15) is 4.79 Å². The highest BCUT2D eigenvalue weighted by Crippen LogP contribution is 2.26. The Hall–Kier alpha value is -1.53. The summed E-state index contributed by atoms with van der Waals surface area (Å²) >= 11 is 5.84. The molecule has 0 unspecified atom stereocenters. The molecule has 0 N–H and O–H groups in total. The fourth-order valence-electron chi connectivity index (χ4n) is 1.69. The van der Waals surface area contributed by atoms with Gasteiger partial charge in [-0.05, 0) is 18.2 Å². The van der Waals surface area contributed by atoms with Gasteiger partial charge < -0.3 is 4.90 Å². The van der Waals surface area contributed by atoms with Crippen molar-refractivity contribution in [3.05, 3.63) is 29.3 Å². The minimum atomic E-state index is -0.198. The highest BCUT2D eigenvalue weighted by atomic mass is 35.5. The zero-order valence-electron chi connectivity index (χ0n) is 7.98. The predicted octanol–water partition coefficient (Wildman–Crippen LogP) is 2.22. The zero-order valence-corrected chi connectivity index (χ0v) is 8.74. The molecule has 1 aromatic rings. The molecule has 0 bridgehead atoms. The number of hydrogen-bond acceptors (Lipinski definition) is 2. The van der Waals surface area contributed by atoms with Crippen LogP contribution < -0.4 is 4.90 Å². The summed E-state index contributed by atoms with van der Waals surface area (Å²) in [7, 11) is 0. The number of carbonyl (C=O) groups excluding carboxylic acids is 1. The van der Waals surface area contributed by atoms with Crippen LogP contribution in [0.3, 0.4) is 0 Å². The van der Waals surface area contributed by atoms with Crippen LogP contribution >= 0.6 is 11.6 Å². The molecule has 1 atom stereocenters. The number of anilines is 1. The minimum absolute atomic E-state index is 0.0104. The molecule has 3 nitrogen and oxygen atoms in total. The van der Waals surface area contributed by atoms with Crippen molar-refractivity contribution >= 4 is 23.2 Å². The number of nitriles is 1. The molecule has 0 aromatic heterocycles. The van der Waals surface area contributed by atoms with E-state index >= 15 is 0 Å². The van der Waals surface area contributed by atoms with E-state index in [1.54, 1.807) is 23.1 Å². The minimum Gasteiger partial charge on any atom is -0.311 e. The van der Waals surface area contributed by atoms with E-state index in [1.165, 1.54) is 0 Å². The fourth-order valence-corrected chi connectivity index (χ4v) is 1.87. The first-order valence-electron chi connectivity index (χ1n) is 4.66. The first kappa shape index (κ1) is 10.0. The SMILES string of the molecule is N#C[C@H]1CC(=O)N(c2cccc(Cl)c2)C1. The van der Waals surface area contributed by atoms with Crippen LogP contribution in [-0.4, -0.2) is 12.5 Å². The number of carbonyl (C=O) groups is 1. The lowest BCUT2D eigenvalue weighted by molar-refractivity contribution is -0.117. The molecule has 0 spiro atoms. The van der Waals surface area contributed by atoms with Crippen molar-refractivity contribution < 1.29 is 4.79 Å². The Kier molecular flexibility index (Phi) is 2.61.